The molecule has 0 aromatic carbocycles. The number of nitrogens with two attached hydrogens (primary N) is 1. The molecule has 1 saturated heterocycles. The molecular weight excluding hydrogens is 210 g/mol. The van der Waals surface area contributed by atoms with Crippen LogP contribution in [0.5, 0.6) is 0 Å². The molecule has 6 heteroatoms. The van der Waals surface area contributed by atoms with Gasteiger partial charge in [-0.25, -0.2) is 4.98 Å². The molecule has 0 amide bonds. The molecule has 2 heterocycles. The lowest BCUT2D eigenvalue weighted by atomic mass is 10.1. The molecule has 0 atom stereocenters. The number of ether oxygens (including phenoxy) is 2. The van der Waals surface area contributed by atoms with Crippen molar-refractivity contribution < 1.29 is 9.47 Å². The van der Waals surface area contributed by atoms with Crippen LogP contribution >= 0.6 is 0 Å². The zero-order valence-corrected chi connectivity index (χ0v) is 9.37. The fraction of sp³-hybridized carbons (Fsp3) is 0.600. The molecule has 1 aliphatic rings. The molecule has 1 fully saturated rings. The molecular formula is C10H15N3O3. The van der Waals surface area contributed by atoms with Gasteiger partial charge in [-0.15, -0.1) is 0 Å². The van der Waals surface area contributed by atoms with E-state index in [1.807, 2.05) is 0 Å². The van der Waals surface area contributed by atoms with Crippen LogP contribution in [0.15, 0.2) is 4.79 Å². The summed E-state index contributed by atoms with van der Waals surface area (Å²) in [5.74, 6) is -0.0239. The van der Waals surface area contributed by atoms with Crippen molar-refractivity contribution in [3.63, 3.8) is 0 Å². The van der Waals surface area contributed by atoms with Crippen molar-refractivity contribution in [3.8, 4) is 0 Å². The monoisotopic (exact) mass is 225 g/mol. The summed E-state index contributed by atoms with van der Waals surface area (Å²) in [6.45, 7) is 4.55. The summed E-state index contributed by atoms with van der Waals surface area (Å²) < 4.78 is 10.9. The Bertz CT molecular complexity index is 449. The molecule has 6 nitrogen and oxygen atoms in total. The van der Waals surface area contributed by atoms with Crippen LogP contribution in [0.2, 0.25) is 0 Å². The number of H-pyrrole nitrogens is 1. The van der Waals surface area contributed by atoms with Crippen molar-refractivity contribution in [2.45, 2.75) is 26.1 Å². The van der Waals surface area contributed by atoms with Gasteiger partial charge in [0.1, 0.15) is 11.6 Å². The Morgan fingerprint density at radius 1 is 1.50 bits per heavy atom. The number of hydrogen-bond acceptors (Lipinski definition) is 5. The highest BCUT2D eigenvalue weighted by Crippen LogP contribution is 2.23. The van der Waals surface area contributed by atoms with Gasteiger partial charge in [-0.05, 0) is 13.8 Å². The predicted octanol–water partition coefficient (Wildman–Crippen LogP) is -0.0340. The fourth-order valence-electron chi connectivity index (χ4n) is 1.78. The van der Waals surface area contributed by atoms with Gasteiger partial charge in [-0.1, -0.05) is 0 Å². The summed E-state index contributed by atoms with van der Waals surface area (Å²) in [5.41, 5.74) is 5.90. The zero-order chi connectivity index (χ0) is 11.8. The van der Waals surface area contributed by atoms with E-state index in [4.69, 9.17) is 15.2 Å². The van der Waals surface area contributed by atoms with Crippen molar-refractivity contribution in [1.29, 1.82) is 0 Å². The van der Waals surface area contributed by atoms with Crippen LogP contribution in [-0.4, -0.2) is 29.0 Å². The minimum absolute atomic E-state index is 0.231. The summed E-state index contributed by atoms with van der Waals surface area (Å²) in [6.07, 6.45) is 0.307. The van der Waals surface area contributed by atoms with Crippen molar-refractivity contribution in [3.05, 3.63) is 21.7 Å². The third-order valence-electron chi connectivity index (χ3n) is 2.56. The normalized spacial score (nSPS) is 18.9. The van der Waals surface area contributed by atoms with Crippen LogP contribution in [-0.2, 0) is 15.9 Å². The average Bonchev–Trinajstić information content (AvgIpc) is 2.59. The second-order valence-corrected chi connectivity index (χ2v) is 4.02. The van der Waals surface area contributed by atoms with Gasteiger partial charge in [-0.3, -0.25) is 4.79 Å². The topological polar surface area (TPSA) is 90.2 Å². The summed E-state index contributed by atoms with van der Waals surface area (Å²) in [4.78, 5) is 18.3. The van der Waals surface area contributed by atoms with Gasteiger partial charge >= 0.3 is 0 Å². The maximum absolute atomic E-state index is 11.7. The lowest BCUT2D eigenvalue weighted by molar-refractivity contribution is -0.140. The van der Waals surface area contributed by atoms with E-state index in [-0.39, 0.29) is 11.4 Å². The first-order valence-corrected chi connectivity index (χ1v) is 5.13. The minimum atomic E-state index is -0.766. The van der Waals surface area contributed by atoms with E-state index in [1.54, 1.807) is 13.8 Å². The Morgan fingerprint density at radius 3 is 2.69 bits per heavy atom. The maximum Gasteiger partial charge on any atom is 0.256 e. The zero-order valence-electron chi connectivity index (χ0n) is 9.37. The number of nitrogen functional groups attached to an aromatic ring is 1. The molecule has 1 aromatic rings. The standard InChI is InChI=1S/C10H15N3O3/c1-6-12-8(11)7(9(14)13-6)5-10(2)15-3-4-16-10/h3-5H2,1-2H3,(H3,11,12,13,14). The average molecular weight is 225 g/mol. The van der Waals surface area contributed by atoms with E-state index in [1.165, 1.54) is 0 Å². The van der Waals surface area contributed by atoms with Crippen LogP contribution in [0.4, 0.5) is 5.82 Å². The second kappa shape index (κ2) is 3.88. The number of anilines is 1. The summed E-state index contributed by atoms with van der Waals surface area (Å²) in [7, 11) is 0. The Hall–Kier alpha value is -1.40. The highest BCUT2D eigenvalue weighted by molar-refractivity contribution is 5.38. The molecule has 1 aliphatic heterocycles. The summed E-state index contributed by atoms with van der Waals surface area (Å²) in [5, 5.41) is 0. The number of rotatable bonds is 2. The first kappa shape index (κ1) is 11.1. The van der Waals surface area contributed by atoms with Crippen molar-refractivity contribution >= 4 is 5.82 Å². The number of nitrogens with one attached hydrogen (secondary N) is 1. The molecule has 0 radical (unpaired) electrons. The Kier molecular flexibility index (Phi) is 2.69. The fourth-order valence-corrected chi connectivity index (χ4v) is 1.78. The first-order valence-electron chi connectivity index (χ1n) is 5.13. The summed E-state index contributed by atoms with van der Waals surface area (Å²) >= 11 is 0. The van der Waals surface area contributed by atoms with Crippen LogP contribution < -0.4 is 11.3 Å². The number of aromatic amines is 1. The molecule has 0 saturated carbocycles. The molecule has 3 N–H and O–H groups in total. The molecule has 0 unspecified atom stereocenters. The van der Waals surface area contributed by atoms with Gasteiger partial charge < -0.3 is 20.2 Å². The minimum Gasteiger partial charge on any atom is -0.383 e. The highest BCUT2D eigenvalue weighted by atomic mass is 16.7. The summed E-state index contributed by atoms with van der Waals surface area (Å²) in [6, 6.07) is 0. The first-order chi connectivity index (χ1) is 7.50. The Morgan fingerprint density at radius 2 is 2.12 bits per heavy atom. The highest BCUT2D eigenvalue weighted by Gasteiger charge is 2.33. The van der Waals surface area contributed by atoms with Gasteiger partial charge in [-0.2, -0.15) is 0 Å². The van der Waals surface area contributed by atoms with Gasteiger partial charge in [0.25, 0.3) is 5.56 Å². The van der Waals surface area contributed by atoms with E-state index < -0.39 is 5.79 Å². The third-order valence-corrected chi connectivity index (χ3v) is 2.56. The second-order valence-electron chi connectivity index (χ2n) is 4.02. The third kappa shape index (κ3) is 2.07. The molecule has 16 heavy (non-hydrogen) atoms. The van der Waals surface area contributed by atoms with Crippen molar-refractivity contribution in [2.24, 2.45) is 0 Å². The Balaban J connectivity index is 2.31. The molecule has 2 rings (SSSR count). The maximum atomic E-state index is 11.7. The van der Waals surface area contributed by atoms with E-state index in [2.05, 4.69) is 9.97 Å². The number of aryl methyl sites for hydroxylation is 1. The van der Waals surface area contributed by atoms with E-state index in [9.17, 15) is 4.79 Å². The van der Waals surface area contributed by atoms with Gasteiger partial charge in [0, 0.05) is 6.42 Å². The Labute approximate surface area is 92.8 Å². The molecule has 0 bridgehead atoms. The number of hydrogen-bond donors (Lipinski definition) is 2. The van der Waals surface area contributed by atoms with Crippen LogP contribution in [0.1, 0.15) is 18.3 Å². The van der Waals surface area contributed by atoms with Crippen molar-refractivity contribution in [1.82, 2.24) is 9.97 Å². The number of nitrogens with zero attached hydrogens (tertiary/aromatic N) is 1. The smallest absolute Gasteiger partial charge is 0.256 e. The SMILES string of the molecule is Cc1nc(N)c(CC2(C)OCCO2)c(=O)[nH]1. The molecule has 1 aromatic heterocycles. The van der Waals surface area contributed by atoms with Gasteiger partial charge in [0.05, 0.1) is 18.8 Å². The molecule has 0 spiro atoms. The van der Waals surface area contributed by atoms with E-state index in [0.717, 1.165) is 0 Å². The van der Waals surface area contributed by atoms with Crippen LogP contribution in [0, 0.1) is 6.92 Å². The largest absolute Gasteiger partial charge is 0.383 e. The predicted molar refractivity (Wildman–Crippen MR) is 58.0 cm³/mol. The molecule has 0 aliphatic carbocycles. The lowest BCUT2D eigenvalue weighted by Gasteiger charge is -2.22. The van der Waals surface area contributed by atoms with Gasteiger partial charge in [0.15, 0.2) is 5.79 Å². The van der Waals surface area contributed by atoms with Gasteiger partial charge in [0.2, 0.25) is 0 Å². The van der Waals surface area contributed by atoms with Crippen LogP contribution in [0.25, 0.3) is 0 Å². The lowest BCUT2D eigenvalue weighted by Crippen LogP contribution is -2.33. The van der Waals surface area contributed by atoms with Crippen molar-refractivity contribution in [2.75, 3.05) is 18.9 Å². The quantitative estimate of drug-likeness (QED) is 0.737. The molecule has 88 valence electrons. The number of aromatic nitrogens is 2. The van der Waals surface area contributed by atoms with E-state index in [0.29, 0.717) is 31.0 Å². The van der Waals surface area contributed by atoms with Crippen LogP contribution in [0.3, 0.4) is 0 Å². The van der Waals surface area contributed by atoms with E-state index >= 15 is 0 Å².